The van der Waals surface area contributed by atoms with Gasteiger partial charge in [0.05, 0.1) is 10.0 Å². The monoisotopic (exact) mass is 322 g/mol. The van der Waals surface area contributed by atoms with Crippen LogP contribution in [0, 0.1) is 18.2 Å². The number of rotatable bonds is 3. The SMILES string of the molecule is Cc1ccc(Oc2cc(F)ccc2Br)c(C(=N)N)c1. The van der Waals surface area contributed by atoms with Crippen LogP contribution >= 0.6 is 15.9 Å². The Morgan fingerprint density at radius 1 is 1.21 bits per heavy atom. The van der Waals surface area contributed by atoms with E-state index in [4.69, 9.17) is 15.9 Å². The van der Waals surface area contributed by atoms with Crippen LogP contribution in [0.1, 0.15) is 11.1 Å². The highest BCUT2D eigenvalue weighted by molar-refractivity contribution is 9.10. The molecule has 3 N–H and O–H groups in total. The zero-order valence-corrected chi connectivity index (χ0v) is 11.8. The number of halogens is 2. The average molecular weight is 323 g/mol. The standard InChI is InChI=1S/C14H12BrFN2O/c1-8-2-5-12(10(6-8)14(17)18)19-13-7-9(16)3-4-11(13)15/h2-7H,1H3,(H3,17,18). The number of ether oxygens (including phenoxy) is 1. The Balaban J connectivity index is 2.43. The van der Waals surface area contributed by atoms with E-state index < -0.39 is 5.82 Å². The molecule has 0 aliphatic rings. The van der Waals surface area contributed by atoms with E-state index in [2.05, 4.69) is 15.9 Å². The smallest absolute Gasteiger partial charge is 0.144 e. The summed E-state index contributed by atoms with van der Waals surface area (Å²) in [6.07, 6.45) is 0. The minimum absolute atomic E-state index is 0.0915. The van der Waals surface area contributed by atoms with Crippen molar-refractivity contribution in [1.29, 1.82) is 5.41 Å². The zero-order valence-electron chi connectivity index (χ0n) is 10.2. The molecule has 3 nitrogen and oxygen atoms in total. The van der Waals surface area contributed by atoms with Gasteiger partial charge in [0.1, 0.15) is 23.2 Å². The Bertz CT molecular complexity index is 643. The summed E-state index contributed by atoms with van der Waals surface area (Å²) >= 11 is 3.29. The lowest BCUT2D eigenvalue weighted by molar-refractivity contribution is 0.472. The second kappa shape index (κ2) is 5.40. The second-order valence-electron chi connectivity index (χ2n) is 4.09. The van der Waals surface area contributed by atoms with Crippen LogP contribution in [0.4, 0.5) is 4.39 Å². The molecule has 19 heavy (non-hydrogen) atoms. The van der Waals surface area contributed by atoms with Crippen molar-refractivity contribution in [2.75, 3.05) is 0 Å². The van der Waals surface area contributed by atoms with Crippen molar-refractivity contribution >= 4 is 21.8 Å². The molecule has 0 bridgehead atoms. The fourth-order valence-corrected chi connectivity index (χ4v) is 1.94. The zero-order chi connectivity index (χ0) is 14.0. The van der Waals surface area contributed by atoms with Gasteiger partial charge in [0.2, 0.25) is 0 Å². The molecule has 98 valence electrons. The highest BCUT2D eigenvalue weighted by Gasteiger charge is 2.10. The first-order valence-corrected chi connectivity index (χ1v) is 6.34. The molecule has 0 aromatic heterocycles. The topological polar surface area (TPSA) is 59.1 Å². The highest BCUT2D eigenvalue weighted by Crippen LogP contribution is 2.32. The lowest BCUT2D eigenvalue weighted by Crippen LogP contribution is -2.12. The number of aryl methyl sites for hydroxylation is 1. The molecule has 0 amide bonds. The molecule has 0 radical (unpaired) electrons. The number of nitrogens with two attached hydrogens (primary N) is 1. The molecule has 0 saturated carbocycles. The fourth-order valence-electron chi connectivity index (χ4n) is 1.62. The Labute approximate surface area is 118 Å². The molecular weight excluding hydrogens is 311 g/mol. The maximum atomic E-state index is 13.2. The van der Waals surface area contributed by atoms with Crippen molar-refractivity contribution < 1.29 is 9.13 Å². The highest BCUT2D eigenvalue weighted by atomic mass is 79.9. The number of amidine groups is 1. The molecule has 2 rings (SSSR count). The van der Waals surface area contributed by atoms with E-state index in [0.717, 1.165) is 5.56 Å². The van der Waals surface area contributed by atoms with Crippen molar-refractivity contribution in [3.63, 3.8) is 0 Å². The molecule has 5 heteroatoms. The van der Waals surface area contributed by atoms with Gasteiger partial charge < -0.3 is 10.5 Å². The van der Waals surface area contributed by atoms with Crippen LogP contribution < -0.4 is 10.5 Å². The minimum Gasteiger partial charge on any atom is -0.455 e. The minimum atomic E-state index is -0.394. The van der Waals surface area contributed by atoms with Crippen LogP contribution in [0.3, 0.4) is 0 Å². The maximum absolute atomic E-state index is 13.2. The summed E-state index contributed by atoms with van der Waals surface area (Å²) in [7, 11) is 0. The van der Waals surface area contributed by atoms with Crippen molar-refractivity contribution in [3.8, 4) is 11.5 Å². The van der Waals surface area contributed by atoms with Gasteiger partial charge >= 0.3 is 0 Å². The Hall–Kier alpha value is -1.88. The van der Waals surface area contributed by atoms with Gasteiger partial charge in [-0.05, 0) is 47.1 Å². The van der Waals surface area contributed by atoms with E-state index >= 15 is 0 Å². The summed E-state index contributed by atoms with van der Waals surface area (Å²) in [5, 5.41) is 7.55. The van der Waals surface area contributed by atoms with Gasteiger partial charge in [-0.1, -0.05) is 11.6 Å². The summed E-state index contributed by atoms with van der Waals surface area (Å²) in [6, 6.07) is 9.47. The average Bonchev–Trinajstić information content (AvgIpc) is 2.35. The van der Waals surface area contributed by atoms with Crippen LogP contribution in [0.15, 0.2) is 40.9 Å². The molecule has 0 saturated heterocycles. The Kier molecular flexibility index (Phi) is 3.85. The van der Waals surface area contributed by atoms with Gasteiger partial charge in [0.25, 0.3) is 0 Å². The Morgan fingerprint density at radius 3 is 2.63 bits per heavy atom. The van der Waals surface area contributed by atoms with Crippen molar-refractivity contribution in [1.82, 2.24) is 0 Å². The van der Waals surface area contributed by atoms with Crippen LogP contribution in [0.25, 0.3) is 0 Å². The van der Waals surface area contributed by atoms with E-state index in [1.54, 1.807) is 18.2 Å². The van der Waals surface area contributed by atoms with Crippen LogP contribution in [-0.2, 0) is 0 Å². The first kappa shape index (κ1) is 13.5. The summed E-state index contributed by atoms with van der Waals surface area (Å²) < 4.78 is 19.5. The van der Waals surface area contributed by atoms with Crippen molar-refractivity contribution in [2.24, 2.45) is 5.73 Å². The predicted octanol–water partition coefficient (Wildman–Crippen LogP) is 3.97. The predicted molar refractivity (Wildman–Crippen MR) is 76.4 cm³/mol. The lowest BCUT2D eigenvalue weighted by atomic mass is 10.1. The number of nitrogens with one attached hydrogen (secondary N) is 1. The normalized spacial score (nSPS) is 10.3. The van der Waals surface area contributed by atoms with Gasteiger partial charge in [0, 0.05) is 6.07 Å². The first-order valence-electron chi connectivity index (χ1n) is 5.55. The van der Waals surface area contributed by atoms with Gasteiger partial charge in [-0.3, -0.25) is 5.41 Å². The van der Waals surface area contributed by atoms with Gasteiger partial charge in [-0.25, -0.2) is 4.39 Å². The molecule has 2 aromatic carbocycles. The molecule has 2 aromatic rings. The maximum Gasteiger partial charge on any atom is 0.144 e. The van der Waals surface area contributed by atoms with Gasteiger partial charge in [-0.2, -0.15) is 0 Å². The Morgan fingerprint density at radius 2 is 1.95 bits per heavy atom. The fraction of sp³-hybridized carbons (Fsp3) is 0.0714. The largest absolute Gasteiger partial charge is 0.455 e. The number of hydrogen-bond donors (Lipinski definition) is 2. The van der Waals surface area contributed by atoms with Crippen molar-refractivity contribution in [3.05, 3.63) is 57.8 Å². The first-order chi connectivity index (χ1) is 8.97. The molecule has 0 fully saturated rings. The van der Waals surface area contributed by atoms with Crippen LogP contribution in [-0.4, -0.2) is 5.84 Å². The summed E-state index contributed by atoms with van der Waals surface area (Å²) in [6.45, 7) is 1.90. The van der Waals surface area contributed by atoms with E-state index in [0.29, 0.717) is 21.5 Å². The quantitative estimate of drug-likeness (QED) is 0.663. The molecule has 0 unspecified atom stereocenters. The molecule has 0 spiro atoms. The van der Waals surface area contributed by atoms with Gasteiger partial charge in [0.15, 0.2) is 0 Å². The van der Waals surface area contributed by atoms with Crippen molar-refractivity contribution in [2.45, 2.75) is 6.92 Å². The number of nitrogen functional groups attached to an aromatic ring is 1. The molecule has 0 aliphatic carbocycles. The third-order valence-electron chi connectivity index (χ3n) is 2.54. The molecule has 0 heterocycles. The summed E-state index contributed by atoms with van der Waals surface area (Å²) in [4.78, 5) is 0. The number of hydrogen-bond acceptors (Lipinski definition) is 2. The van der Waals surface area contributed by atoms with Gasteiger partial charge in [-0.15, -0.1) is 0 Å². The van der Waals surface area contributed by atoms with E-state index in [-0.39, 0.29) is 5.84 Å². The van der Waals surface area contributed by atoms with E-state index in [1.807, 2.05) is 13.0 Å². The van der Waals surface area contributed by atoms with Crippen LogP contribution in [0.2, 0.25) is 0 Å². The molecular formula is C14H12BrFN2O. The molecule has 0 atom stereocenters. The second-order valence-corrected chi connectivity index (χ2v) is 4.94. The molecule has 0 aliphatic heterocycles. The van der Waals surface area contributed by atoms with Crippen LogP contribution in [0.5, 0.6) is 11.5 Å². The van der Waals surface area contributed by atoms with E-state index in [9.17, 15) is 4.39 Å². The summed E-state index contributed by atoms with van der Waals surface area (Å²) in [5.41, 5.74) is 6.97. The number of benzene rings is 2. The lowest BCUT2D eigenvalue weighted by Gasteiger charge is -2.12. The van der Waals surface area contributed by atoms with E-state index in [1.165, 1.54) is 12.1 Å². The summed E-state index contributed by atoms with van der Waals surface area (Å²) in [5.74, 6) is 0.275. The third-order valence-corrected chi connectivity index (χ3v) is 3.19. The third kappa shape index (κ3) is 3.12.